The second-order valence-corrected chi connectivity index (χ2v) is 4.25. The molecule has 0 saturated heterocycles. The number of halogens is 3. The van der Waals surface area contributed by atoms with Crippen molar-refractivity contribution in [2.24, 2.45) is 0 Å². The van der Waals surface area contributed by atoms with E-state index in [9.17, 15) is 13.2 Å². The molecule has 0 radical (unpaired) electrons. The number of aliphatic hydroxyl groups excluding tert-OH is 1. The van der Waals surface area contributed by atoms with Crippen LogP contribution in [-0.4, -0.2) is 11.7 Å². The van der Waals surface area contributed by atoms with Gasteiger partial charge in [-0.15, -0.1) is 0 Å². The van der Waals surface area contributed by atoms with E-state index in [0.29, 0.717) is 6.42 Å². The predicted octanol–water partition coefficient (Wildman–Crippen LogP) is 3.91. The fourth-order valence-corrected chi connectivity index (χ4v) is 1.89. The average molecular weight is 266 g/mol. The summed E-state index contributed by atoms with van der Waals surface area (Å²) in [6.07, 6.45) is -3.77. The first kappa shape index (κ1) is 13.6. The fourth-order valence-electron chi connectivity index (χ4n) is 1.89. The lowest BCUT2D eigenvalue weighted by molar-refractivity contribution is -0.137. The predicted molar refractivity (Wildman–Crippen MR) is 67.7 cm³/mol. The molecule has 1 N–H and O–H groups in total. The van der Waals surface area contributed by atoms with E-state index in [2.05, 4.69) is 0 Å². The normalized spacial score (nSPS) is 11.6. The van der Waals surface area contributed by atoms with E-state index >= 15 is 0 Å². The molecule has 0 heterocycles. The molecule has 0 spiro atoms. The van der Waals surface area contributed by atoms with Crippen molar-refractivity contribution in [3.8, 4) is 11.1 Å². The molecular formula is C15H13F3O. The zero-order chi connectivity index (χ0) is 13.9. The van der Waals surface area contributed by atoms with Crippen LogP contribution in [0.2, 0.25) is 0 Å². The Morgan fingerprint density at radius 3 is 2.16 bits per heavy atom. The van der Waals surface area contributed by atoms with Gasteiger partial charge in [-0.2, -0.15) is 13.2 Å². The summed E-state index contributed by atoms with van der Waals surface area (Å²) in [6.45, 7) is 0.0520. The molecule has 2 aromatic carbocycles. The zero-order valence-corrected chi connectivity index (χ0v) is 10.1. The summed E-state index contributed by atoms with van der Waals surface area (Å²) in [5, 5.41) is 8.88. The van der Waals surface area contributed by atoms with Crippen molar-refractivity contribution < 1.29 is 18.3 Å². The molecule has 19 heavy (non-hydrogen) atoms. The highest BCUT2D eigenvalue weighted by Gasteiger charge is 2.29. The van der Waals surface area contributed by atoms with Gasteiger partial charge in [0.1, 0.15) is 0 Å². The second kappa shape index (κ2) is 5.45. The minimum atomic E-state index is -4.31. The first-order chi connectivity index (χ1) is 9.00. The van der Waals surface area contributed by atoms with Crippen molar-refractivity contribution in [2.75, 3.05) is 6.61 Å². The lowest BCUT2D eigenvalue weighted by Crippen LogP contribution is -2.04. The molecule has 1 nitrogen and oxygen atoms in total. The topological polar surface area (TPSA) is 20.2 Å². The fraction of sp³-hybridized carbons (Fsp3) is 0.200. The van der Waals surface area contributed by atoms with Gasteiger partial charge in [-0.25, -0.2) is 0 Å². The molecule has 0 atom stereocenters. The SMILES string of the molecule is OCCc1cccc(-c2ccc(C(F)(F)F)cc2)c1. The third kappa shape index (κ3) is 3.35. The van der Waals surface area contributed by atoms with Crippen molar-refractivity contribution in [2.45, 2.75) is 12.6 Å². The van der Waals surface area contributed by atoms with Crippen molar-refractivity contribution in [3.05, 3.63) is 59.7 Å². The number of hydrogen-bond donors (Lipinski definition) is 1. The monoisotopic (exact) mass is 266 g/mol. The maximum atomic E-state index is 12.5. The molecule has 0 fully saturated rings. The van der Waals surface area contributed by atoms with E-state index in [1.54, 1.807) is 0 Å². The Labute approximate surface area is 109 Å². The van der Waals surface area contributed by atoms with E-state index in [-0.39, 0.29) is 6.61 Å². The van der Waals surface area contributed by atoms with Gasteiger partial charge in [-0.05, 0) is 35.2 Å². The van der Waals surface area contributed by atoms with Gasteiger partial charge in [-0.3, -0.25) is 0 Å². The number of rotatable bonds is 3. The van der Waals surface area contributed by atoms with Crippen LogP contribution in [0.4, 0.5) is 13.2 Å². The van der Waals surface area contributed by atoms with Gasteiger partial charge in [0, 0.05) is 6.61 Å². The van der Waals surface area contributed by atoms with Gasteiger partial charge >= 0.3 is 6.18 Å². The number of aliphatic hydroxyl groups is 1. The smallest absolute Gasteiger partial charge is 0.396 e. The van der Waals surface area contributed by atoms with Gasteiger partial charge in [0.25, 0.3) is 0 Å². The van der Waals surface area contributed by atoms with Crippen molar-refractivity contribution in [1.29, 1.82) is 0 Å². The Bertz CT molecular complexity index is 544. The van der Waals surface area contributed by atoms with Crippen LogP contribution in [0.15, 0.2) is 48.5 Å². The lowest BCUT2D eigenvalue weighted by atomic mass is 10.0. The number of alkyl halides is 3. The zero-order valence-electron chi connectivity index (χ0n) is 10.1. The molecule has 0 bridgehead atoms. The standard InChI is InChI=1S/C15H13F3O/c16-15(17,18)14-6-4-12(5-7-14)13-3-1-2-11(10-13)8-9-19/h1-7,10,19H,8-9H2. The molecule has 0 aliphatic rings. The molecule has 0 unspecified atom stereocenters. The third-order valence-electron chi connectivity index (χ3n) is 2.87. The van der Waals surface area contributed by atoms with Crippen molar-refractivity contribution in [3.63, 3.8) is 0 Å². The minimum absolute atomic E-state index is 0.0520. The number of hydrogen-bond acceptors (Lipinski definition) is 1. The Morgan fingerprint density at radius 1 is 0.895 bits per heavy atom. The maximum absolute atomic E-state index is 12.5. The van der Waals surface area contributed by atoms with Crippen LogP contribution in [0.25, 0.3) is 11.1 Å². The molecule has 0 aliphatic carbocycles. The van der Waals surface area contributed by atoms with E-state index in [4.69, 9.17) is 5.11 Å². The third-order valence-corrected chi connectivity index (χ3v) is 2.87. The summed E-state index contributed by atoms with van der Waals surface area (Å²) in [5.41, 5.74) is 1.88. The van der Waals surface area contributed by atoms with E-state index in [1.807, 2.05) is 24.3 Å². The lowest BCUT2D eigenvalue weighted by Gasteiger charge is -2.08. The summed E-state index contributed by atoms with van der Waals surface area (Å²) >= 11 is 0. The Balaban J connectivity index is 2.29. The maximum Gasteiger partial charge on any atom is 0.416 e. The highest BCUT2D eigenvalue weighted by molar-refractivity contribution is 5.64. The van der Waals surface area contributed by atoms with Crippen LogP contribution in [-0.2, 0) is 12.6 Å². The van der Waals surface area contributed by atoms with Crippen LogP contribution in [0, 0.1) is 0 Å². The molecular weight excluding hydrogens is 253 g/mol. The van der Waals surface area contributed by atoms with E-state index in [1.165, 1.54) is 12.1 Å². The van der Waals surface area contributed by atoms with Crippen LogP contribution in [0.5, 0.6) is 0 Å². The van der Waals surface area contributed by atoms with Gasteiger partial charge < -0.3 is 5.11 Å². The van der Waals surface area contributed by atoms with E-state index in [0.717, 1.165) is 28.8 Å². The molecule has 0 aliphatic heterocycles. The van der Waals surface area contributed by atoms with Gasteiger partial charge in [0.15, 0.2) is 0 Å². The summed E-state index contributed by atoms with van der Waals surface area (Å²) in [7, 11) is 0. The van der Waals surface area contributed by atoms with Crippen molar-refractivity contribution in [1.82, 2.24) is 0 Å². The highest BCUT2D eigenvalue weighted by Crippen LogP contribution is 2.31. The largest absolute Gasteiger partial charge is 0.416 e. The Hall–Kier alpha value is -1.81. The van der Waals surface area contributed by atoms with Crippen molar-refractivity contribution >= 4 is 0 Å². The molecule has 2 rings (SSSR count). The van der Waals surface area contributed by atoms with Crippen LogP contribution < -0.4 is 0 Å². The molecule has 0 amide bonds. The highest BCUT2D eigenvalue weighted by atomic mass is 19.4. The van der Waals surface area contributed by atoms with Gasteiger partial charge in [-0.1, -0.05) is 36.4 Å². The van der Waals surface area contributed by atoms with Crippen LogP contribution >= 0.6 is 0 Å². The quantitative estimate of drug-likeness (QED) is 0.893. The van der Waals surface area contributed by atoms with Gasteiger partial charge in [0.05, 0.1) is 5.56 Å². The Kier molecular flexibility index (Phi) is 3.90. The Morgan fingerprint density at radius 2 is 1.58 bits per heavy atom. The first-order valence-corrected chi connectivity index (χ1v) is 5.88. The summed E-state index contributed by atoms with van der Waals surface area (Å²) < 4.78 is 37.4. The molecule has 0 saturated carbocycles. The first-order valence-electron chi connectivity index (χ1n) is 5.88. The van der Waals surface area contributed by atoms with Crippen LogP contribution in [0.3, 0.4) is 0 Å². The van der Waals surface area contributed by atoms with Crippen LogP contribution in [0.1, 0.15) is 11.1 Å². The molecule has 2 aromatic rings. The summed E-state index contributed by atoms with van der Waals surface area (Å²) in [5.74, 6) is 0. The van der Waals surface area contributed by atoms with E-state index < -0.39 is 11.7 Å². The number of benzene rings is 2. The average Bonchev–Trinajstić information content (AvgIpc) is 2.39. The molecule has 4 heteroatoms. The molecule has 0 aromatic heterocycles. The summed E-state index contributed by atoms with van der Waals surface area (Å²) in [6, 6.07) is 12.5. The molecule has 100 valence electrons. The van der Waals surface area contributed by atoms with Gasteiger partial charge in [0.2, 0.25) is 0 Å². The second-order valence-electron chi connectivity index (χ2n) is 4.25. The minimum Gasteiger partial charge on any atom is -0.396 e. The summed E-state index contributed by atoms with van der Waals surface area (Å²) in [4.78, 5) is 0.